The van der Waals surface area contributed by atoms with E-state index in [4.69, 9.17) is 25.5 Å². The Bertz CT molecular complexity index is 1750. The van der Waals surface area contributed by atoms with Crippen molar-refractivity contribution < 1.29 is 33.3 Å². The molecule has 1 unspecified atom stereocenters. The third-order valence-electron chi connectivity index (χ3n) is 8.55. The van der Waals surface area contributed by atoms with E-state index < -0.39 is 43.2 Å². The summed E-state index contributed by atoms with van der Waals surface area (Å²) in [4.78, 5) is 49.4. The van der Waals surface area contributed by atoms with Crippen molar-refractivity contribution in [2.24, 2.45) is 23.0 Å². The van der Waals surface area contributed by atoms with Crippen LogP contribution in [0.3, 0.4) is 0 Å². The second kappa shape index (κ2) is 16.6. The van der Waals surface area contributed by atoms with Gasteiger partial charge >= 0.3 is 11.9 Å². The number of aromatic nitrogens is 4. The standard InChI is InChI=1S/C33H48N7O8P/c1-6-9-21(10-7-2)16-46-30(43)20(5)39-49(45)48-18-33(17-47-31(44)25(34)19(3)4)14-23(33)15-40-27(22-11-8-12-24(41)13-22)36-26-28(40)37-32(35)38-29(26)42/h8,11-13,15,19-21,25,41,49H,6-7,9-10,14,16-18,34H2,1-5H3,(H,39,45)(H3,35,37,38,42)/b23-15-/t20-,25+,33-/m0/s1. The summed E-state index contributed by atoms with van der Waals surface area (Å²) in [5.41, 5.74) is 11.8. The van der Waals surface area contributed by atoms with E-state index >= 15 is 0 Å². The van der Waals surface area contributed by atoms with Crippen LogP contribution in [-0.2, 0) is 28.2 Å². The lowest BCUT2D eigenvalue weighted by atomic mass is 9.99. The molecule has 1 aliphatic rings. The molecule has 0 amide bonds. The molecule has 0 radical (unpaired) electrons. The molecule has 16 heteroatoms. The number of benzene rings is 1. The number of hydrogen-bond acceptors (Lipinski definition) is 12. The number of carbonyl (C=O) groups is 2. The van der Waals surface area contributed by atoms with Gasteiger partial charge in [0.25, 0.3) is 13.7 Å². The fraction of sp³-hybridized carbons (Fsp3) is 0.545. The SMILES string of the molecule is CCCC(CCC)COC(=O)[C@H](C)N[PH](=O)OC[C@@]1(COC(=O)[C@H](N)C(C)C)C/C1=C/n1c(-c2cccc(O)c2)nc2c(=O)[nH]c(N)nc21. The average Bonchev–Trinajstić information content (AvgIpc) is 3.62. The molecule has 268 valence electrons. The van der Waals surface area contributed by atoms with Gasteiger partial charge < -0.3 is 30.6 Å². The molecule has 2 aromatic heterocycles. The largest absolute Gasteiger partial charge is 0.508 e. The van der Waals surface area contributed by atoms with Gasteiger partial charge in [-0.3, -0.25) is 28.5 Å². The lowest BCUT2D eigenvalue weighted by molar-refractivity contribution is -0.148. The minimum Gasteiger partial charge on any atom is -0.508 e. The molecule has 1 fully saturated rings. The maximum atomic E-state index is 13.1. The van der Waals surface area contributed by atoms with Crippen molar-refractivity contribution in [1.82, 2.24) is 24.6 Å². The summed E-state index contributed by atoms with van der Waals surface area (Å²) >= 11 is 0. The van der Waals surface area contributed by atoms with E-state index in [1.165, 1.54) is 12.1 Å². The molecule has 0 bridgehead atoms. The van der Waals surface area contributed by atoms with Crippen LogP contribution >= 0.6 is 8.18 Å². The summed E-state index contributed by atoms with van der Waals surface area (Å²) in [7, 11) is -2.95. The molecule has 1 aliphatic carbocycles. The number of esters is 2. The average molecular weight is 702 g/mol. The van der Waals surface area contributed by atoms with Crippen molar-refractivity contribution in [2.45, 2.75) is 78.8 Å². The number of hydrogen-bond donors (Lipinski definition) is 5. The second-order valence-electron chi connectivity index (χ2n) is 13.0. The lowest BCUT2D eigenvalue weighted by Crippen LogP contribution is -2.38. The Morgan fingerprint density at radius 2 is 1.86 bits per heavy atom. The summed E-state index contributed by atoms with van der Waals surface area (Å²) in [5.74, 6) is -0.837. The number of phenols is 1. The van der Waals surface area contributed by atoms with E-state index in [9.17, 15) is 24.1 Å². The number of imidazole rings is 1. The van der Waals surface area contributed by atoms with E-state index in [0.29, 0.717) is 30.0 Å². The summed E-state index contributed by atoms with van der Waals surface area (Å²) in [6, 6.07) is 4.62. The monoisotopic (exact) mass is 701 g/mol. The van der Waals surface area contributed by atoms with Crippen LogP contribution in [0.15, 0.2) is 34.6 Å². The number of phenolic OH excluding ortho intramolecular Hbond substituents is 1. The van der Waals surface area contributed by atoms with Crippen molar-refractivity contribution in [3.05, 3.63) is 40.2 Å². The Morgan fingerprint density at radius 3 is 2.51 bits per heavy atom. The molecule has 4 atom stereocenters. The smallest absolute Gasteiger partial charge is 0.323 e. The zero-order valence-corrected chi connectivity index (χ0v) is 29.7. The van der Waals surface area contributed by atoms with Crippen molar-refractivity contribution in [3.8, 4) is 17.1 Å². The first-order valence-electron chi connectivity index (χ1n) is 16.6. The maximum Gasteiger partial charge on any atom is 0.323 e. The number of nitrogens with zero attached hydrogens (tertiary/aromatic N) is 3. The van der Waals surface area contributed by atoms with Gasteiger partial charge in [-0.2, -0.15) is 4.98 Å². The Kier molecular flexibility index (Phi) is 12.8. The van der Waals surface area contributed by atoms with Crippen LogP contribution in [0.2, 0.25) is 0 Å². The molecule has 49 heavy (non-hydrogen) atoms. The molecule has 4 rings (SSSR count). The Labute approximate surface area is 285 Å². The van der Waals surface area contributed by atoms with Crippen LogP contribution in [0.5, 0.6) is 5.75 Å². The molecule has 1 saturated carbocycles. The zero-order chi connectivity index (χ0) is 35.9. The van der Waals surface area contributed by atoms with Crippen LogP contribution in [-0.4, -0.2) is 68.5 Å². The first-order valence-corrected chi connectivity index (χ1v) is 17.9. The quantitative estimate of drug-likeness (QED) is 0.0936. The van der Waals surface area contributed by atoms with Gasteiger partial charge in [0.15, 0.2) is 11.2 Å². The van der Waals surface area contributed by atoms with E-state index in [-0.39, 0.29) is 47.9 Å². The molecule has 15 nitrogen and oxygen atoms in total. The minimum atomic E-state index is -2.95. The Morgan fingerprint density at radius 1 is 1.14 bits per heavy atom. The fourth-order valence-corrected chi connectivity index (χ4v) is 6.43. The lowest BCUT2D eigenvalue weighted by Gasteiger charge is -2.20. The van der Waals surface area contributed by atoms with Crippen LogP contribution < -0.4 is 22.1 Å². The summed E-state index contributed by atoms with van der Waals surface area (Å²) < 4.78 is 31.5. The number of rotatable bonds is 18. The number of ether oxygens (including phenoxy) is 2. The number of carbonyl (C=O) groups excluding carboxylic acids is 2. The number of aromatic hydroxyl groups is 1. The van der Waals surface area contributed by atoms with E-state index in [0.717, 1.165) is 25.7 Å². The molecule has 0 aliphatic heterocycles. The second-order valence-corrected chi connectivity index (χ2v) is 14.1. The highest BCUT2D eigenvalue weighted by atomic mass is 31.1. The van der Waals surface area contributed by atoms with Crippen molar-refractivity contribution >= 4 is 43.4 Å². The van der Waals surface area contributed by atoms with Gasteiger partial charge in [0, 0.05) is 11.8 Å². The first-order chi connectivity index (χ1) is 23.3. The molecule has 0 saturated heterocycles. The summed E-state index contributed by atoms with van der Waals surface area (Å²) in [6.07, 6.45) is 5.94. The van der Waals surface area contributed by atoms with Gasteiger partial charge in [-0.15, -0.1) is 0 Å². The van der Waals surface area contributed by atoms with Gasteiger partial charge in [-0.05, 0) is 55.7 Å². The molecular weight excluding hydrogens is 653 g/mol. The third kappa shape index (κ3) is 9.56. The Hall–Kier alpha value is -4.04. The highest BCUT2D eigenvalue weighted by Gasteiger charge is 2.51. The highest BCUT2D eigenvalue weighted by Crippen LogP contribution is 2.54. The molecular formula is C33H48N7O8P. The normalized spacial score (nSPS) is 18.6. The van der Waals surface area contributed by atoms with Crippen LogP contribution in [0, 0.1) is 17.3 Å². The molecule has 3 aromatic rings. The molecule has 0 spiro atoms. The van der Waals surface area contributed by atoms with Crippen LogP contribution in [0.4, 0.5) is 5.95 Å². The van der Waals surface area contributed by atoms with Gasteiger partial charge in [-0.1, -0.05) is 52.7 Å². The van der Waals surface area contributed by atoms with Crippen LogP contribution in [0.1, 0.15) is 66.7 Å². The predicted octanol–water partition coefficient (Wildman–Crippen LogP) is 3.98. The van der Waals surface area contributed by atoms with E-state index in [1.807, 2.05) is 0 Å². The van der Waals surface area contributed by atoms with E-state index in [2.05, 4.69) is 33.9 Å². The van der Waals surface area contributed by atoms with Gasteiger partial charge in [0.05, 0.1) is 18.6 Å². The number of H-pyrrole nitrogens is 1. The fourth-order valence-electron chi connectivity index (χ4n) is 5.47. The number of nitrogens with one attached hydrogen (secondary N) is 2. The van der Waals surface area contributed by atoms with E-state index in [1.54, 1.807) is 43.7 Å². The topological polar surface area (TPSA) is 227 Å². The summed E-state index contributed by atoms with van der Waals surface area (Å²) in [6.45, 7) is 9.38. The molecule has 1 aromatic carbocycles. The van der Waals surface area contributed by atoms with Crippen molar-refractivity contribution in [2.75, 3.05) is 25.6 Å². The maximum absolute atomic E-state index is 13.1. The zero-order valence-electron chi connectivity index (χ0n) is 28.7. The number of anilines is 1. The molecule has 2 heterocycles. The van der Waals surface area contributed by atoms with Gasteiger partial charge in [0.2, 0.25) is 5.95 Å². The van der Waals surface area contributed by atoms with Crippen molar-refractivity contribution in [1.29, 1.82) is 0 Å². The van der Waals surface area contributed by atoms with Gasteiger partial charge in [0.1, 0.15) is 30.3 Å². The highest BCUT2D eigenvalue weighted by molar-refractivity contribution is 7.36. The third-order valence-corrected chi connectivity index (χ3v) is 9.62. The number of nitrogen functional groups attached to an aromatic ring is 1. The summed E-state index contributed by atoms with van der Waals surface area (Å²) in [5, 5.41) is 12.8. The van der Waals surface area contributed by atoms with Gasteiger partial charge in [-0.25, -0.2) is 10.1 Å². The predicted molar refractivity (Wildman–Crippen MR) is 187 cm³/mol. The number of fused-ring (bicyclic) bond motifs is 1. The van der Waals surface area contributed by atoms with Crippen LogP contribution in [0.25, 0.3) is 28.8 Å². The van der Waals surface area contributed by atoms with Crippen molar-refractivity contribution in [3.63, 3.8) is 0 Å². The Balaban J connectivity index is 1.57. The number of nitrogens with two attached hydrogens (primary N) is 2. The molecule has 7 N–H and O–H groups in total. The minimum absolute atomic E-state index is 0.00909. The number of aromatic amines is 1. The first kappa shape index (κ1) is 37.8.